The molecule has 0 radical (unpaired) electrons. The Morgan fingerprint density at radius 1 is 1.22 bits per heavy atom. The van der Waals surface area contributed by atoms with E-state index in [4.69, 9.17) is 4.43 Å². The molecule has 1 aliphatic heterocycles. The topological polar surface area (TPSA) is 9.23 Å². The number of rotatable bonds is 0. The van der Waals surface area contributed by atoms with Crippen LogP contribution < -0.4 is 0 Å². The van der Waals surface area contributed by atoms with Crippen LogP contribution in [0, 0.1) is 0 Å². The Hall–Kier alpha value is 1.81. The van der Waals surface area contributed by atoms with Crippen LogP contribution in [0.5, 0.6) is 0 Å². The monoisotopic (exact) mass is 170 g/mol. The summed E-state index contributed by atoms with van der Waals surface area (Å²) in [6, 6.07) is 1.37. The third kappa shape index (κ3) is 4.29. The molecule has 1 heterocycles. The van der Waals surface area contributed by atoms with Gasteiger partial charge in [-0.2, -0.15) is 0 Å². The standard InChI is InChI=1S/C6H14OSi.K.H/c1-8(2)6-4-3-5-7-8;;/h3-6H2,1-2H3;;. The van der Waals surface area contributed by atoms with E-state index in [2.05, 4.69) is 13.1 Å². The van der Waals surface area contributed by atoms with Crippen molar-refractivity contribution in [1.29, 1.82) is 0 Å². The molecule has 0 spiro atoms. The van der Waals surface area contributed by atoms with E-state index in [-0.39, 0.29) is 51.4 Å². The first-order chi connectivity index (χ1) is 3.71. The van der Waals surface area contributed by atoms with E-state index in [1.807, 2.05) is 0 Å². The van der Waals surface area contributed by atoms with Gasteiger partial charge < -0.3 is 4.43 Å². The molecule has 1 nitrogen and oxygen atoms in total. The van der Waals surface area contributed by atoms with Crippen molar-refractivity contribution in [1.82, 2.24) is 0 Å². The van der Waals surface area contributed by atoms with Gasteiger partial charge in [0.2, 0.25) is 0 Å². The molecule has 0 amide bonds. The summed E-state index contributed by atoms with van der Waals surface area (Å²) in [5.41, 5.74) is 0. The van der Waals surface area contributed by atoms with Gasteiger partial charge in [-0.05, 0) is 25.6 Å². The first-order valence-electron chi connectivity index (χ1n) is 3.35. The predicted octanol–water partition coefficient (Wildman–Crippen LogP) is 1.35. The van der Waals surface area contributed by atoms with Crippen molar-refractivity contribution in [2.45, 2.75) is 32.0 Å². The molecule has 0 aromatic heterocycles. The van der Waals surface area contributed by atoms with Gasteiger partial charge in [-0.25, -0.2) is 0 Å². The van der Waals surface area contributed by atoms with Crippen LogP contribution in [0.15, 0.2) is 0 Å². The van der Waals surface area contributed by atoms with Gasteiger partial charge in [0.25, 0.3) is 0 Å². The molecule has 0 aromatic carbocycles. The zero-order valence-electron chi connectivity index (χ0n) is 5.74. The summed E-state index contributed by atoms with van der Waals surface area (Å²) in [6.45, 7) is 5.62. The molecular weight excluding hydrogens is 155 g/mol. The quantitative estimate of drug-likeness (QED) is 0.499. The van der Waals surface area contributed by atoms with Gasteiger partial charge in [0.15, 0.2) is 8.32 Å². The van der Waals surface area contributed by atoms with E-state index in [1.165, 1.54) is 18.9 Å². The molecule has 1 fully saturated rings. The molecule has 0 saturated carbocycles. The minimum absolute atomic E-state index is 0. The van der Waals surface area contributed by atoms with Gasteiger partial charge in [-0.3, -0.25) is 0 Å². The third-order valence-corrected chi connectivity index (χ3v) is 4.21. The Bertz CT molecular complexity index is 77.1. The van der Waals surface area contributed by atoms with Crippen molar-refractivity contribution in [3.8, 4) is 0 Å². The molecule has 9 heavy (non-hydrogen) atoms. The molecule has 3 heteroatoms. The van der Waals surface area contributed by atoms with Crippen LogP contribution in [0.25, 0.3) is 0 Å². The molecule has 1 saturated heterocycles. The fourth-order valence-corrected chi connectivity index (χ4v) is 3.02. The zero-order chi connectivity index (χ0) is 6.04. The Labute approximate surface area is 101 Å². The molecular formula is C6H15KOSi. The second-order valence-electron chi connectivity index (χ2n) is 3.07. The normalized spacial score (nSPS) is 24.7. The van der Waals surface area contributed by atoms with Gasteiger partial charge >= 0.3 is 51.4 Å². The molecule has 1 rings (SSSR count). The van der Waals surface area contributed by atoms with Gasteiger partial charge in [0, 0.05) is 6.61 Å². The van der Waals surface area contributed by atoms with E-state index in [1.54, 1.807) is 0 Å². The SMILES string of the molecule is C[Si]1(C)CCCCO1.[KH]. The van der Waals surface area contributed by atoms with Crippen LogP contribution in [0.2, 0.25) is 19.1 Å². The van der Waals surface area contributed by atoms with Gasteiger partial charge in [0.05, 0.1) is 0 Å². The Kier molecular flexibility index (Phi) is 5.58. The van der Waals surface area contributed by atoms with Gasteiger partial charge in [0.1, 0.15) is 0 Å². The van der Waals surface area contributed by atoms with E-state index in [9.17, 15) is 0 Å². The Morgan fingerprint density at radius 2 is 1.89 bits per heavy atom. The summed E-state index contributed by atoms with van der Waals surface area (Å²) in [4.78, 5) is 0. The van der Waals surface area contributed by atoms with Gasteiger partial charge in [-0.1, -0.05) is 6.42 Å². The summed E-state index contributed by atoms with van der Waals surface area (Å²) >= 11 is 0. The van der Waals surface area contributed by atoms with Gasteiger partial charge in [-0.15, -0.1) is 0 Å². The average Bonchev–Trinajstić information content (AvgIpc) is 1.65. The molecule has 0 aromatic rings. The molecule has 0 atom stereocenters. The van der Waals surface area contributed by atoms with E-state index in [0.717, 1.165) is 6.61 Å². The van der Waals surface area contributed by atoms with Crippen LogP contribution in [0.3, 0.4) is 0 Å². The van der Waals surface area contributed by atoms with Crippen LogP contribution in [0.1, 0.15) is 12.8 Å². The van der Waals surface area contributed by atoms with E-state index in [0.29, 0.717) is 0 Å². The first kappa shape index (κ1) is 10.8. The Morgan fingerprint density at radius 3 is 2.11 bits per heavy atom. The summed E-state index contributed by atoms with van der Waals surface area (Å²) < 4.78 is 5.60. The molecule has 0 unspecified atom stereocenters. The van der Waals surface area contributed by atoms with Crippen molar-refractivity contribution >= 4 is 59.7 Å². The zero-order valence-corrected chi connectivity index (χ0v) is 6.74. The molecule has 0 N–H and O–H groups in total. The fourth-order valence-electron chi connectivity index (χ4n) is 1.07. The summed E-state index contributed by atoms with van der Waals surface area (Å²) in [7, 11) is -1.09. The third-order valence-electron chi connectivity index (χ3n) is 1.67. The summed E-state index contributed by atoms with van der Waals surface area (Å²) in [5, 5.41) is 0. The van der Waals surface area contributed by atoms with Crippen LogP contribution >= 0.6 is 0 Å². The van der Waals surface area contributed by atoms with Crippen LogP contribution in [-0.2, 0) is 4.43 Å². The number of hydrogen-bond acceptors (Lipinski definition) is 1. The van der Waals surface area contributed by atoms with Crippen molar-refractivity contribution in [2.75, 3.05) is 6.61 Å². The van der Waals surface area contributed by atoms with Crippen molar-refractivity contribution in [3.63, 3.8) is 0 Å². The first-order valence-corrected chi connectivity index (χ1v) is 6.46. The average molecular weight is 170 g/mol. The molecule has 0 aliphatic carbocycles. The van der Waals surface area contributed by atoms with Crippen molar-refractivity contribution < 1.29 is 4.43 Å². The van der Waals surface area contributed by atoms with E-state index >= 15 is 0 Å². The second kappa shape index (κ2) is 4.64. The maximum absolute atomic E-state index is 5.60. The van der Waals surface area contributed by atoms with Crippen LogP contribution in [-0.4, -0.2) is 66.3 Å². The van der Waals surface area contributed by atoms with E-state index < -0.39 is 8.32 Å². The number of hydrogen-bond donors (Lipinski definition) is 0. The van der Waals surface area contributed by atoms with Crippen molar-refractivity contribution in [2.24, 2.45) is 0 Å². The molecule has 0 bridgehead atoms. The minimum atomic E-state index is -1.09. The second-order valence-corrected chi connectivity index (χ2v) is 7.37. The molecule has 50 valence electrons. The summed E-state index contributed by atoms with van der Waals surface area (Å²) in [5.74, 6) is 0. The summed E-state index contributed by atoms with van der Waals surface area (Å²) in [6.07, 6.45) is 2.69. The maximum atomic E-state index is 5.60. The van der Waals surface area contributed by atoms with Crippen molar-refractivity contribution in [3.05, 3.63) is 0 Å². The molecule has 1 aliphatic rings. The predicted molar refractivity (Wildman–Crippen MR) is 44.6 cm³/mol. The van der Waals surface area contributed by atoms with Crippen LogP contribution in [0.4, 0.5) is 0 Å². The Balaban J connectivity index is 0.000000640. The fraction of sp³-hybridized carbons (Fsp3) is 1.00.